The summed E-state index contributed by atoms with van der Waals surface area (Å²) < 4.78 is 1.62. The van der Waals surface area contributed by atoms with Gasteiger partial charge in [-0.15, -0.1) is 0 Å². The van der Waals surface area contributed by atoms with E-state index in [2.05, 4.69) is 0 Å². The zero-order chi connectivity index (χ0) is 21.3. The van der Waals surface area contributed by atoms with E-state index >= 15 is 0 Å². The van der Waals surface area contributed by atoms with Crippen molar-refractivity contribution < 1.29 is 9.59 Å². The molecule has 0 aliphatic carbocycles. The number of hydrogen-bond acceptors (Lipinski definition) is 4. The van der Waals surface area contributed by atoms with Crippen molar-refractivity contribution in [3.63, 3.8) is 0 Å². The summed E-state index contributed by atoms with van der Waals surface area (Å²) in [5.74, 6) is -0.160. The van der Waals surface area contributed by atoms with Crippen LogP contribution in [0.15, 0.2) is 53.5 Å². The molecule has 1 aromatic carbocycles. The van der Waals surface area contributed by atoms with E-state index in [4.69, 9.17) is 0 Å². The fraction of sp³-hybridized carbons (Fsp3) is 0.409. The second-order valence-electron chi connectivity index (χ2n) is 7.94. The summed E-state index contributed by atoms with van der Waals surface area (Å²) in [5, 5.41) is 0. The molecule has 0 N–H and O–H groups in total. The molecule has 154 valence electrons. The van der Waals surface area contributed by atoms with Crippen molar-refractivity contribution in [3.05, 3.63) is 70.1 Å². The zero-order valence-corrected chi connectivity index (χ0v) is 17.6. The molecule has 0 unspecified atom stereocenters. The third kappa shape index (κ3) is 3.96. The molecule has 29 heavy (non-hydrogen) atoms. The summed E-state index contributed by atoms with van der Waals surface area (Å²) in [6, 6.07) is 12.1. The van der Waals surface area contributed by atoms with Gasteiger partial charge in [0, 0.05) is 40.5 Å². The minimum Gasteiger partial charge on any atom is -0.347 e. The molecular weight excluding hydrogens is 368 g/mol. The molecular formula is C22H28N4O3. The molecule has 0 radical (unpaired) electrons. The van der Waals surface area contributed by atoms with Crippen LogP contribution < -0.4 is 5.56 Å². The Morgan fingerprint density at radius 3 is 2.21 bits per heavy atom. The average Bonchev–Trinajstić information content (AvgIpc) is 3.04. The maximum absolute atomic E-state index is 12.8. The van der Waals surface area contributed by atoms with Crippen molar-refractivity contribution >= 4 is 11.8 Å². The number of amides is 2. The Labute approximate surface area is 171 Å². The van der Waals surface area contributed by atoms with Gasteiger partial charge in [-0.3, -0.25) is 19.3 Å². The van der Waals surface area contributed by atoms with Crippen molar-refractivity contribution in [2.75, 3.05) is 35.2 Å². The van der Waals surface area contributed by atoms with Gasteiger partial charge in [0.25, 0.3) is 11.5 Å². The summed E-state index contributed by atoms with van der Waals surface area (Å²) >= 11 is 0. The lowest BCUT2D eigenvalue weighted by molar-refractivity contribution is -0.133. The molecule has 2 aromatic rings. The van der Waals surface area contributed by atoms with Gasteiger partial charge in [0.1, 0.15) is 0 Å². The van der Waals surface area contributed by atoms with Crippen LogP contribution in [0.2, 0.25) is 0 Å². The monoisotopic (exact) mass is 396 g/mol. The summed E-state index contributed by atoms with van der Waals surface area (Å²) in [7, 11) is 8.76. The lowest BCUT2D eigenvalue weighted by atomic mass is 9.99. The second-order valence-corrected chi connectivity index (χ2v) is 7.94. The number of nitrogens with zero attached hydrogens (tertiary/aromatic N) is 4. The number of likely N-dealkylation sites (N-methyl/N-ethyl adjacent to an activating group) is 2. The first-order valence-electron chi connectivity index (χ1n) is 9.64. The van der Waals surface area contributed by atoms with Crippen LogP contribution in [0.25, 0.3) is 0 Å². The molecule has 1 saturated heterocycles. The topological polar surface area (TPSA) is 65.9 Å². The van der Waals surface area contributed by atoms with E-state index in [9.17, 15) is 14.4 Å². The van der Waals surface area contributed by atoms with Crippen LogP contribution in [0, 0.1) is 0 Å². The molecule has 0 saturated carbocycles. The van der Waals surface area contributed by atoms with Gasteiger partial charge in [0.05, 0.1) is 23.7 Å². The van der Waals surface area contributed by atoms with Crippen molar-refractivity contribution in [2.24, 2.45) is 0 Å². The van der Waals surface area contributed by atoms with Crippen molar-refractivity contribution in [1.29, 1.82) is 0 Å². The minimum absolute atomic E-state index is 0.00417. The molecule has 1 aliphatic rings. The Morgan fingerprint density at radius 1 is 0.966 bits per heavy atom. The molecule has 7 heteroatoms. The van der Waals surface area contributed by atoms with E-state index in [0.717, 1.165) is 5.56 Å². The minimum atomic E-state index is -0.347. The third-order valence-corrected chi connectivity index (χ3v) is 5.58. The van der Waals surface area contributed by atoms with Gasteiger partial charge in [0.15, 0.2) is 0 Å². The Balaban J connectivity index is 2.10. The smallest absolute Gasteiger partial charge is 0.254 e. The fourth-order valence-corrected chi connectivity index (χ4v) is 4.08. The van der Waals surface area contributed by atoms with Crippen molar-refractivity contribution in [2.45, 2.75) is 24.5 Å². The number of aromatic nitrogens is 1. The SMILES string of the molecule is CN(C)C(=O)c1ccc(=O)n([C@@H]2C[C@@H](C(=O)N(C)C)N(C)[C@H]2c2ccccc2)c1. The highest BCUT2D eigenvalue weighted by atomic mass is 16.2. The van der Waals surface area contributed by atoms with Crippen LogP contribution in [0.4, 0.5) is 0 Å². The highest BCUT2D eigenvalue weighted by Crippen LogP contribution is 2.42. The molecule has 1 fully saturated rings. The molecule has 3 atom stereocenters. The first kappa shape index (κ1) is 20.8. The Kier molecular flexibility index (Phi) is 5.88. The van der Waals surface area contributed by atoms with Crippen LogP contribution in [0.5, 0.6) is 0 Å². The Morgan fingerprint density at radius 2 is 1.62 bits per heavy atom. The van der Waals surface area contributed by atoms with E-state index in [-0.39, 0.29) is 35.5 Å². The van der Waals surface area contributed by atoms with Gasteiger partial charge in [-0.05, 0) is 25.1 Å². The quantitative estimate of drug-likeness (QED) is 0.788. The van der Waals surface area contributed by atoms with E-state index in [0.29, 0.717) is 12.0 Å². The highest BCUT2D eigenvalue weighted by molar-refractivity contribution is 5.93. The number of likely N-dealkylation sites (tertiary alicyclic amines) is 1. The van der Waals surface area contributed by atoms with E-state index in [1.807, 2.05) is 42.3 Å². The van der Waals surface area contributed by atoms with Gasteiger partial charge in [-0.2, -0.15) is 0 Å². The number of carbonyl (C=O) groups is 2. The number of hydrogen-bond donors (Lipinski definition) is 0. The normalized spacial score (nSPS) is 21.8. The summed E-state index contributed by atoms with van der Waals surface area (Å²) in [4.78, 5) is 43.1. The molecule has 1 aromatic heterocycles. The Bertz CT molecular complexity index is 952. The van der Waals surface area contributed by atoms with Crippen molar-refractivity contribution in [1.82, 2.24) is 19.3 Å². The number of pyridine rings is 1. The van der Waals surface area contributed by atoms with Gasteiger partial charge in [-0.25, -0.2) is 0 Å². The summed E-state index contributed by atoms with van der Waals surface area (Å²) in [6.07, 6.45) is 2.12. The zero-order valence-electron chi connectivity index (χ0n) is 17.6. The van der Waals surface area contributed by atoms with E-state index in [1.54, 1.807) is 49.9 Å². The average molecular weight is 396 g/mol. The predicted molar refractivity (Wildman–Crippen MR) is 112 cm³/mol. The van der Waals surface area contributed by atoms with Gasteiger partial charge < -0.3 is 14.4 Å². The molecule has 0 bridgehead atoms. The predicted octanol–water partition coefficient (Wildman–Crippen LogP) is 1.62. The fourth-order valence-electron chi connectivity index (χ4n) is 4.08. The highest BCUT2D eigenvalue weighted by Gasteiger charge is 2.44. The van der Waals surface area contributed by atoms with Crippen molar-refractivity contribution in [3.8, 4) is 0 Å². The maximum Gasteiger partial charge on any atom is 0.254 e. The first-order valence-corrected chi connectivity index (χ1v) is 9.64. The standard InChI is InChI=1S/C22H28N4O3/c1-23(2)21(28)16-11-12-19(27)26(14-16)17-13-18(22(29)24(3)4)25(5)20(17)15-9-7-6-8-10-15/h6-12,14,17-18,20H,13H2,1-5H3/t17-,18+,20+/m1/s1. The van der Waals surface area contributed by atoms with Gasteiger partial charge >= 0.3 is 0 Å². The molecule has 7 nitrogen and oxygen atoms in total. The van der Waals surface area contributed by atoms with Crippen LogP contribution in [-0.2, 0) is 4.79 Å². The molecule has 2 heterocycles. The number of benzene rings is 1. The molecule has 2 amide bonds. The summed E-state index contributed by atoms with van der Waals surface area (Å²) in [5.41, 5.74) is 1.30. The van der Waals surface area contributed by atoms with Crippen LogP contribution >= 0.6 is 0 Å². The largest absolute Gasteiger partial charge is 0.347 e. The third-order valence-electron chi connectivity index (χ3n) is 5.58. The Hall–Kier alpha value is -2.93. The number of rotatable bonds is 4. The van der Waals surface area contributed by atoms with Crippen LogP contribution in [0.1, 0.15) is 34.4 Å². The molecule has 1 aliphatic heterocycles. The lowest BCUT2D eigenvalue weighted by Gasteiger charge is -2.29. The molecule has 3 rings (SSSR count). The van der Waals surface area contributed by atoms with Crippen LogP contribution in [-0.4, -0.2) is 72.4 Å². The maximum atomic E-state index is 12.8. The van der Waals surface area contributed by atoms with Gasteiger partial charge in [-0.1, -0.05) is 30.3 Å². The molecule has 0 spiro atoms. The van der Waals surface area contributed by atoms with Crippen LogP contribution in [0.3, 0.4) is 0 Å². The second kappa shape index (κ2) is 8.21. The number of carbonyl (C=O) groups excluding carboxylic acids is 2. The lowest BCUT2D eigenvalue weighted by Crippen LogP contribution is -2.41. The summed E-state index contributed by atoms with van der Waals surface area (Å²) in [6.45, 7) is 0. The van der Waals surface area contributed by atoms with Gasteiger partial charge in [0.2, 0.25) is 5.91 Å². The van der Waals surface area contributed by atoms with E-state index in [1.165, 1.54) is 11.0 Å². The first-order chi connectivity index (χ1) is 13.7. The van der Waals surface area contributed by atoms with E-state index < -0.39 is 0 Å².